The van der Waals surface area contributed by atoms with Crippen LogP contribution in [0.3, 0.4) is 0 Å². The monoisotopic (exact) mass is 552 g/mol. The first kappa shape index (κ1) is 28.8. The molecule has 2 aromatic rings. The second kappa shape index (κ2) is 12.8. The van der Waals surface area contributed by atoms with E-state index in [0.29, 0.717) is 17.1 Å². The number of likely N-dealkylation sites (tertiary alicyclic amines) is 1. The smallest absolute Gasteiger partial charge is 0.310 e. The number of nitrogens with one attached hydrogen (secondary N) is 1. The summed E-state index contributed by atoms with van der Waals surface area (Å²) in [6.07, 6.45) is 5.81. The van der Waals surface area contributed by atoms with Gasteiger partial charge < -0.3 is 20.1 Å². The molecule has 1 aliphatic carbocycles. The van der Waals surface area contributed by atoms with Crippen LogP contribution in [-0.2, 0) is 25.5 Å². The zero-order valence-electron chi connectivity index (χ0n) is 22.7. The van der Waals surface area contributed by atoms with Crippen LogP contribution in [0.4, 0.5) is 5.69 Å². The normalized spacial score (nSPS) is 24.8. The fourth-order valence-corrected chi connectivity index (χ4v) is 6.40. The summed E-state index contributed by atoms with van der Waals surface area (Å²) in [4.78, 5) is 43.1. The van der Waals surface area contributed by atoms with Crippen molar-refractivity contribution in [2.45, 2.75) is 52.1 Å². The third-order valence-corrected chi connectivity index (χ3v) is 8.20. The quantitative estimate of drug-likeness (QED) is 0.326. The molecule has 39 heavy (non-hydrogen) atoms. The number of ether oxygens (including phenoxy) is 1. The molecule has 8 heteroatoms. The minimum absolute atomic E-state index is 0.171. The van der Waals surface area contributed by atoms with Gasteiger partial charge in [0, 0.05) is 5.92 Å². The number of carbonyl (C=O) groups is 3. The Kier molecular flexibility index (Phi) is 9.46. The molecule has 1 saturated heterocycles. The third kappa shape index (κ3) is 5.89. The van der Waals surface area contributed by atoms with Crippen molar-refractivity contribution in [2.75, 3.05) is 18.5 Å². The van der Waals surface area contributed by atoms with Gasteiger partial charge in [0.05, 0.1) is 41.8 Å². The van der Waals surface area contributed by atoms with Crippen LogP contribution < -0.4 is 5.32 Å². The van der Waals surface area contributed by atoms with E-state index in [1.54, 1.807) is 19.1 Å². The van der Waals surface area contributed by atoms with Crippen LogP contribution in [0.15, 0.2) is 60.7 Å². The van der Waals surface area contributed by atoms with E-state index in [0.717, 1.165) is 24.0 Å². The zero-order valence-corrected chi connectivity index (χ0v) is 23.4. The van der Waals surface area contributed by atoms with Crippen molar-refractivity contribution < 1.29 is 24.2 Å². The molecule has 1 heterocycles. The second-order valence-electron chi connectivity index (χ2n) is 10.4. The number of halogens is 1. The number of hydrogen-bond donors (Lipinski definition) is 2. The highest BCUT2D eigenvalue weighted by Crippen LogP contribution is 2.47. The number of hydrogen-bond acceptors (Lipinski definition) is 5. The first-order valence-electron chi connectivity index (χ1n) is 13.7. The number of nitrogens with zero attached hydrogens (tertiary/aromatic N) is 1. The van der Waals surface area contributed by atoms with Gasteiger partial charge in [-0.25, -0.2) is 0 Å². The molecule has 2 amide bonds. The van der Waals surface area contributed by atoms with Crippen molar-refractivity contribution in [1.82, 2.24) is 4.90 Å². The summed E-state index contributed by atoms with van der Waals surface area (Å²) in [5.74, 6) is -3.34. The van der Waals surface area contributed by atoms with E-state index >= 15 is 0 Å². The van der Waals surface area contributed by atoms with E-state index in [1.807, 2.05) is 62.4 Å². The molecule has 2 N–H and O–H groups in total. The Morgan fingerprint density at radius 1 is 1.10 bits per heavy atom. The number of fused-ring (bicyclic) bond motifs is 1. The van der Waals surface area contributed by atoms with Gasteiger partial charge in [0.25, 0.3) is 0 Å². The Labute approximate surface area is 235 Å². The molecule has 0 bridgehead atoms. The summed E-state index contributed by atoms with van der Waals surface area (Å²) in [6, 6.07) is 13.3. The summed E-state index contributed by atoms with van der Waals surface area (Å²) in [6.45, 7) is 5.50. The largest absolute Gasteiger partial charge is 0.466 e. The minimum Gasteiger partial charge on any atom is -0.466 e. The molecular weight excluding hydrogens is 516 g/mol. The molecule has 0 spiro atoms. The van der Waals surface area contributed by atoms with Gasteiger partial charge in [0.15, 0.2) is 0 Å². The van der Waals surface area contributed by atoms with Crippen LogP contribution in [0.25, 0.3) is 0 Å². The Balaban J connectivity index is 1.78. The molecule has 0 aromatic heterocycles. The highest BCUT2D eigenvalue weighted by atomic mass is 35.5. The van der Waals surface area contributed by atoms with Crippen molar-refractivity contribution in [3.63, 3.8) is 0 Å². The number of para-hydroxylation sites is 1. The van der Waals surface area contributed by atoms with Gasteiger partial charge in [-0.2, -0.15) is 0 Å². The van der Waals surface area contributed by atoms with Crippen LogP contribution >= 0.6 is 11.6 Å². The topological polar surface area (TPSA) is 95.9 Å². The van der Waals surface area contributed by atoms with E-state index in [4.69, 9.17) is 16.3 Å². The number of amides is 2. The summed E-state index contributed by atoms with van der Waals surface area (Å²) >= 11 is 6.42. The molecule has 0 unspecified atom stereocenters. The predicted octanol–water partition coefficient (Wildman–Crippen LogP) is 4.80. The van der Waals surface area contributed by atoms with Gasteiger partial charge in [0.2, 0.25) is 11.8 Å². The van der Waals surface area contributed by atoms with Gasteiger partial charge in [-0.15, -0.1) is 0 Å². The SMILES string of the molecule is CCC[C@@H]1C=C[C@H]2[C@H](C(=O)N([C@@H](CO)Cc3ccccc3)[C@@H]2C(=O)Nc2c(C)cccc2Cl)[C@@H]1C(=O)OCC. The molecule has 6 atom stereocenters. The summed E-state index contributed by atoms with van der Waals surface area (Å²) in [5.41, 5.74) is 2.20. The molecule has 2 aliphatic rings. The van der Waals surface area contributed by atoms with Crippen LogP contribution in [0.2, 0.25) is 5.02 Å². The highest BCUT2D eigenvalue weighted by molar-refractivity contribution is 6.34. The summed E-state index contributed by atoms with van der Waals surface area (Å²) in [7, 11) is 0. The number of aliphatic hydroxyl groups is 1. The fraction of sp³-hybridized carbons (Fsp3) is 0.452. The number of aliphatic hydroxyl groups excluding tert-OH is 1. The van der Waals surface area contributed by atoms with Crippen molar-refractivity contribution >= 4 is 35.1 Å². The lowest BCUT2D eigenvalue weighted by Crippen LogP contribution is -2.51. The molecule has 208 valence electrons. The number of aryl methyl sites for hydroxylation is 1. The maximum absolute atomic E-state index is 14.3. The Hall–Kier alpha value is -3.16. The number of rotatable bonds is 10. The van der Waals surface area contributed by atoms with Crippen LogP contribution in [-0.4, -0.2) is 53.1 Å². The lowest BCUT2D eigenvalue weighted by atomic mass is 9.69. The van der Waals surface area contributed by atoms with Gasteiger partial charge >= 0.3 is 5.97 Å². The highest BCUT2D eigenvalue weighted by Gasteiger charge is 2.59. The fourth-order valence-electron chi connectivity index (χ4n) is 6.13. The maximum atomic E-state index is 14.3. The second-order valence-corrected chi connectivity index (χ2v) is 10.8. The first-order chi connectivity index (χ1) is 18.8. The lowest BCUT2D eigenvalue weighted by Gasteiger charge is -2.34. The Morgan fingerprint density at radius 3 is 2.49 bits per heavy atom. The van der Waals surface area contributed by atoms with Gasteiger partial charge in [-0.1, -0.05) is 79.6 Å². The van der Waals surface area contributed by atoms with E-state index in [1.165, 1.54) is 4.90 Å². The number of esters is 1. The van der Waals surface area contributed by atoms with E-state index in [9.17, 15) is 19.5 Å². The molecule has 4 rings (SSSR count). The molecule has 1 fully saturated rings. The molecular formula is C31H37ClN2O5. The standard InChI is InChI=1S/C31H37ClN2O5/c1-4-10-21-15-16-23-26(25(21)31(38)39-5-2)30(37)34(22(18-35)17-20-12-7-6-8-13-20)28(23)29(36)33-27-19(3)11-9-14-24(27)32/h6-9,11-16,21-23,25-26,28,35H,4-5,10,17-18H2,1-3H3,(H,33,36)/t21-,22-,23+,25-,26+,28+/m1/s1. The van der Waals surface area contributed by atoms with E-state index < -0.39 is 41.7 Å². The number of anilines is 1. The van der Waals surface area contributed by atoms with Crippen molar-refractivity contribution in [1.29, 1.82) is 0 Å². The van der Waals surface area contributed by atoms with Crippen molar-refractivity contribution in [3.8, 4) is 0 Å². The number of allylic oxidation sites excluding steroid dienone is 1. The molecule has 7 nitrogen and oxygen atoms in total. The van der Waals surface area contributed by atoms with E-state index in [2.05, 4.69) is 5.32 Å². The molecule has 0 radical (unpaired) electrons. The minimum atomic E-state index is -0.935. The van der Waals surface area contributed by atoms with Gasteiger partial charge in [-0.3, -0.25) is 14.4 Å². The molecule has 1 aliphatic heterocycles. The van der Waals surface area contributed by atoms with Crippen LogP contribution in [0.1, 0.15) is 37.8 Å². The number of carbonyl (C=O) groups excluding carboxylic acids is 3. The summed E-state index contributed by atoms with van der Waals surface area (Å²) in [5, 5.41) is 13.9. The molecule has 0 saturated carbocycles. The van der Waals surface area contributed by atoms with Gasteiger partial charge in [0.1, 0.15) is 6.04 Å². The Bertz CT molecular complexity index is 1200. The first-order valence-corrected chi connectivity index (χ1v) is 14.1. The predicted molar refractivity (Wildman–Crippen MR) is 151 cm³/mol. The molecule has 2 aromatic carbocycles. The third-order valence-electron chi connectivity index (χ3n) is 7.89. The Morgan fingerprint density at radius 2 is 1.85 bits per heavy atom. The average molecular weight is 553 g/mol. The number of benzene rings is 2. The lowest BCUT2D eigenvalue weighted by molar-refractivity contribution is -0.156. The average Bonchev–Trinajstić information content (AvgIpc) is 3.22. The summed E-state index contributed by atoms with van der Waals surface area (Å²) < 4.78 is 5.44. The van der Waals surface area contributed by atoms with Crippen LogP contribution in [0.5, 0.6) is 0 Å². The van der Waals surface area contributed by atoms with Gasteiger partial charge in [-0.05, 0) is 49.8 Å². The van der Waals surface area contributed by atoms with Crippen molar-refractivity contribution in [2.24, 2.45) is 23.7 Å². The van der Waals surface area contributed by atoms with E-state index in [-0.39, 0.29) is 25.0 Å². The maximum Gasteiger partial charge on any atom is 0.310 e. The van der Waals surface area contributed by atoms with Crippen molar-refractivity contribution in [3.05, 3.63) is 76.8 Å². The van der Waals surface area contributed by atoms with Crippen LogP contribution in [0, 0.1) is 30.6 Å². The zero-order chi connectivity index (χ0) is 28.1.